The Morgan fingerprint density at radius 2 is 1.89 bits per heavy atom. The number of carbonyl (C=O) groups is 2. The van der Waals surface area contributed by atoms with E-state index in [2.05, 4.69) is 0 Å². The first-order chi connectivity index (χ1) is 8.49. The number of nitrogens with zero attached hydrogens (tertiary/aromatic N) is 1. The summed E-state index contributed by atoms with van der Waals surface area (Å²) in [6, 6.07) is 8.56. The van der Waals surface area contributed by atoms with Gasteiger partial charge in [0.15, 0.2) is 5.78 Å². The summed E-state index contributed by atoms with van der Waals surface area (Å²) in [5.41, 5.74) is 0.502. The van der Waals surface area contributed by atoms with E-state index in [9.17, 15) is 19.7 Å². The molecule has 0 heterocycles. The molecule has 0 aromatic heterocycles. The van der Waals surface area contributed by atoms with Crippen LogP contribution >= 0.6 is 0 Å². The van der Waals surface area contributed by atoms with Gasteiger partial charge in [0.1, 0.15) is 6.42 Å². The largest absolute Gasteiger partial charge is 0.481 e. The lowest BCUT2D eigenvalue weighted by atomic mass is 10.1. The SMILES string of the molecule is O=C(O)CC(=O)/C(=C\c1ccccc1)C[N+](=O)[O-]. The fourth-order valence-electron chi connectivity index (χ4n) is 1.35. The van der Waals surface area contributed by atoms with Crippen LogP contribution < -0.4 is 0 Å². The van der Waals surface area contributed by atoms with Gasteiger partial charge in [-0.2, -0.15) is 0 Å². The minimum atomic E-state index is -1.30. The second-order valence-electron chi connectivity index (χ2n) is 3.56. The van der Waals surface area contributed by atoms with Gasteiger partial charge in [-0.25, -0.2) is 0 Å². The zero-order valence-corrected chi connectivity index (χ0v) is 9.41. The standard InChI is InChI=1S/C12H11NO5/c14-11(7-12(15)16)10(8-13(17)18)6-9-4-2-1-3-5-9/h1-6H,7-8H2,(H,15,16)/b10-6-. The fourth-order valence-corrected chi connectivity index (χ4v) is 1.35. The van der Waals surface area contributed by atoms with Crippen LogP contribution in [0, 0.1) is 10.1 Å². The summed E-state index contributed by atoms with van der Waals surface area (Å²) in [6.45, 7) is -0.680. The monoisotopic (exact) mass is 249 g/mol. The summed E-state index contributed by atoms with van der Waals surface area (Å²) in [5, 5.41) is 19.0. The topological polar surface area (TPSA) is 97.5 Å². The first kappa shape index (κ1) is 13.6. The molecule has 0 bridgehead atoms. The molecule has 1 aromatic rings. The van der Waals surface area contributed by atoms with E-state index in [4.69, 9.17) is 5.11 Å². The first-order valence-electron chi connectivity index (χ1n) is 5.11. The van der Waals surface area contributed by atoms with E-state index in [1.54, 1.807) is 30.3 Å². The molecule has 94 valence electrons. The number of aliphatic carboxylic acids is 1. The highest BCUT2D eigenvalue weighted by atomic mass is 16.6. The van der Waals surface area contributed by atoms with Crippen LogP contribution in [-0.4, -0.2) is 28.3 Å². The van der Waals surface area contributed by atoms with E-state index < -0.39 is 29.6 Å². The van der Waals surface area contributed by atoms with Gasteiger partial charge in [-0.05, 0) is 11.6 Å². The molecule has 0 unspecified atom stereocenters. The molecule has 1 rings (SSSR count). The molecule has 0 aliphatic carbocycles. The molecular formula is C12H11NO5. The van der Waals surface area contributed by atoms with Crippen LogP contribution in [0.2, 0.25) is 0 Å². The number of rotatable bonds is 6. The summed E-state index contributed by atoms with van der Waals surface area (Å²) in [5.74, 6) is -2.05. The molecule has 0 saturated carbocycles. The molecule has 0 radical (unpaired) electrons. The molecule has 0 spiro atoms. The van der Waals surface area contributed by atoms with Gasteiger partial charge >= 0.3 is 5.97 Å². The predicted octanol–water partition coefficient (Wildman–Crippen LogP) is 1.39. The van der Waals surface area contributed by atoms with Crippen molar-refractivity contribution in [2.24, 2.45) is 0 Å². The second-order valence-corrected chi connectivity index (χ2v) is 3.56. The summed E-state index contributed by atoms with van der Waals surface area (Å²) < 4.78 is 0. The van der Waals surface area contributed by atoms with Gasteiger partial charge in [0.2, 0.25) is 6.54 Å². The molecule has 6 heteroatoms. The van der Waals surface area contributed by atoms with Crippen molar-refractivity contribution in [3.8, 4) is 0 Å². The molecule has 1 aromatic carbocycles. The molecule has 18 heavy (non-hydrogen) atoms. The highest BCUT2D eigenvalue weighted by molar-refractivity contribution is 6.07. The van der Waals surface area contributed by atoms with Crippen LogP contribution in [0.3, 0.4) is 0 Å². The molecule has 0 atom stereocenters. The van der Waals surface area contributed by atoms with E-state index in [-0.39, 0.29) is 5.57 Å². The summed E-state index contributed by atoms with van der Waals surface area (Å²) in [4.78, 5) is 31.8. The van der Waals surface area contributed by atoms with E-state index in [0.29, 0.717) is 5.56 Å². The van der Waals surface area contributed by atoms with E-state index in [0.717, 1.165) is 0 Å². The van der Waals surface area contributed by atoms with Gasteiger partial charge in [-0.15, -0.1) is 0 Å². The highest BCUT2D eigenvalue weighted by Crippen LogP contribution is 2.09. The lowest BCUT2D eigenvalue weighted by Gasteiger charge is -2.01. The van der Waals surface area contributed by atoms with E-state index in [1.807, 2.05) is 0 Å². The van der Waals surface area contributed by atoms with Gasteiger partial charge in [0.05, 0.1) is 5.57 Å². The molecule has 0 saturated heterocycles. The number of carboxylic acids is 1. The lowest BCUT2D eigenvalue weighted by Crippen LogP contribution is -2.16. The smallest absolute Gasteiger partial charge is 0.311 e. The maximum atomic E-state index is 11.5. The number of Topliss-reactive ketones (excluding diaryl/α,β-unsaturated/α-hetero) is 1. The van der Waals surface area contributed by atoms with Crippen molar-refractivity contribution < 1.29 is 19.6 Å². The van der Waals surface area contributed by atoms with Crippen LogP contribution in [0.4, 0.5) is 0 Å². The van der Waals surface area contributed by atoms with Gasteiger partial charge in [0.25, 0.3) is 0 Å². The Morgan fingerprint density at radius 3 is 2.39 bits per heavy atom. The van der Waals surface area contributed by atoms with Crippen molar-refractivity contribution in [2.75, 3.05) is 6.54 Å². The number of carboxylic acid groups (broad SMARTS) is 1. The molecule has 1 N–H and O–H groups in total. The third kappa shape index (κ3) is 4.56. The maximum absolute atomic E-state index is 11.5. The van der Waals surface area contributed by atoms with Crippen molar-refractivity contribution in [1.29, 1.82) is 0 Å². The van der Waals surface area contributed by atoms with Crippen LogP contribution in [0.1, 0.15) is 12.0 Å². The number of carbonyl (C=O) groups excluding carboxylic acids is 1. The van der Waals surface area contributed by atoms with Crippen LogP contribution in [-0.2, 0) is 9.59 Å². The Balaban J connectivity index is 2.98. The molecule has 0 aliphatic heterocycles. The number of ketones is 1. The van der Waals surface area contributed by atoms with Crippen LogP contribution in [0.15, 0.2) is 35.9 Å². The number of hydrogen-bond acceptors (Lipinski definition) is 4. The number of hydrogen-bond donors (Lipinski definition) is 1. The Labute approximate surface area is 103 Å². The van der Waals surface area contributed by atoms with Crippen molar-refractivity contribution in [3.63, 3.8) is 0 Å². The fraction of sp³-hybridized carbons (Fsp3) is 0.167. The summed E-state index contributed by atoms with van der Waals surface area (Å²) in [6.07, 6.45) is 0.598. The zero-order chi connectivity index (χ0) is 13.5. The molecule has 6 nitrogen and oxygen atoms in total. The van der Waals surface area contributed by atoms with Crippen LogP contribution in [0.5, 0.6) is 0 Å². The normalized spacial score (nSPS) is 11.0. The molecular weight excluding hydrogens is 238 g/mol. The average Bonchev–Trinajstić information content (AvgIpc) is 2.28. The van der Waals surface area contributed by atoms with E-state index >= 15 is 0 Å². The van der Waals surface area contributed by atoms with Crippen molar-refractivity contribution in [2.45, 2.75) is 6.42 Å². The Hall–Kier alpha value is -2.50. The van der Waals surface area contributed by atoms with Gasteiger partial charge in [-0.3, -0.25) is 19.7 Å². The second kappa shape index (κ2) is 6.29. The Kier molecular flexibility index (Phi) is 4.74. The third-order valence-electron chi connectivity index (χ3n) is 2.11. The van der Waals surface area contributed by atoms with Crippen molar-refractivity contribution in [1.82, 2.24) is 0 Å². The molecule has 0 fully saturated rings. The Bertz CT molecular complexity index is 492. The average molecular weight is 249 g/mol. The first-order valence-corrected chi connectivity index (χ1v) is 5.11. The number of benzene rings is 1. The zero-order valence-electron chi connectivity index (χ0n) is 9.41. The summed E-state index contributed by atoms with van der Waals surface area (Å²) in [7, 11) is 0. The predicted molar refractivity (Wildman–Crippen MR) is 63.5 cm³/mol. The molecule has 0 aliphatic rings. The van der Waals surface area contributed by atoms with Gasteiger partial charge < -0.3 is 5.11 Å². The van der Waals surface area contributed by atoms with Crippen molar-refractivity contribution >= 4 is 17.8 Å². The molecule has 0 amide bonds. The van der Waals surface area contributed by atoms with Crippen molar-refractivity contribution in [3.05, 3.63) is 51.6 Å². The summed E-state index contributed by atoms with van der Waals surface area (Å²) >= 11 is 0. The third-order valence-corrected chi connectivity index (χ3v) is 2.11. The number of nitro groups is 1. The minimum absolute atomic E-state index is 0.117. The maximum Gasteiger partial charge on any atom is 0.311 e. The van der Waals surface area contributed by atoms with Gasteiger partial charge in [-0.1, -0.05) is 30.3 Å². The minimum Gasteiger partial charge on any atom is -0.481 e. The quantitative estimate of drug-likeness (QED) is 0.355. The lowest BCUT2D eigenvalue weighted by molar-refractivity contribution is -0.469. The van der Waals surface area contributed by atoms with Gasteiger partial charge in [0, 0.05) is 4.92 Å². The van der Waals surface area contributed by atoms with E-state index in [1.165, 1.54) is 6.08 Å². The van der Waals surface area contributed by atoms with Crippen LogP contribution in [0.25, 0.3) is 6.08 Å². The Morgan fingerprint density at radius 1 is 1.28 bits per heavy atom. The highest BCUT2D eigenvalue weighted by Gasteiger charge is 2.18.